The SMILES string of the molecule is Cc1ccc(NC(=O)c2c(-n3c(C)cc(/C=C(/C#N)c4ccc(Br)cc4)c3C)sc3c2CCCC3)cc1. The van der Waals surface area contributed by atoms with Crippen molar-refractivity contribution in [3.8, 4) is 11.1 Å². The molecule has 6 heteroatoms. The number of rotatable bonds is 5. The van der Waals surface area contributed by atoms with Crippen molar-refractivity contribution in [3.63, 3.8) is 0 Å². The molecular formula is C31H28BrN3OS. The van der Waals surface area contributed by atoms with E-state index in [1.54, 1.807) is 11.3 Å². The average molecular weight is 571 g/mol. The molecule has 0 radical (unpaired) electrons. The number of amides is 1. The van der Waals surface area contributed by atoms with Gasteiger partial charge in [-0.05, 0) is 99.6 Å². The minimum atomic E-state index is -0.0598. The molecule has 0 atom stereocenters. The van der Waals surface area contributed by atoms with E-state index in [0.717, 1.165) is 74.5 Å². The summed E-state index contributed by atoms with van der Waals surface area (Å²) in [7, 11) is 0. The number of fused-ring (bicyclic) bond motifs is 1. The molecule has 2 aromatic carbocycles. The lowest BCUT2D eigenvalue weighted by atomic mass is 9.95. The molecule has 37 heavy (non-hydrogen) atoms. The van der Waals surface area contributed by atoms with Crippen LogP contribution >= 0.6 is 27.3 Å². The second-order valence-electron chi connectivity index (χ2n) is 9.55. The number of aromatic nitrogens is 1. The highest BCUT2D eigenvalue weighted by atomic mass is 79.9. The predicted octanol–water partition coefficient (Wildman–Crippen LogP) is 8.42. The number of hydrogen-bond donors (Lipinski definition) is 1. The van der Waals surface area contributed by atoms with Gasteiger partial charge in [0.2, 0.25) is 0 Å². The molecule has 1 aliphatic rings. The van der Waals surface area contributed by atoms with Crippen LogP contribution < -0.4 is 5.32 Å². The Bertz CT molecular complexity index is 1550. The maximum absolute atomic E-state index is 13.7. The van der Waals surface area contributed by atoms with E-state index in [1.807, 2.05) is 61.5 Å². The van der Waals surface area contributed by atoms with Gasteiger partial charge >= 0.3 is 0 Å². The molecule has 0 bridgehead atoms. The van der Waals surface area contributed by atoms with Crippen LogP contribution in [0.4, 0.5) is 5.69 Å². The van der Waals surface area contributed by atoms with Crippen LogP contribution in [0.2, 0.25) is 0 Å². The molecule has 4 aromatic rings. The van der Waals surface area contributed by atoms with Crippen molar-refractivity contribution in [3.05, 3.63) is 103 Å². The highest BCUT2D eigenvalue weighted by Gasteiger charge is 2.28. The summed E-state index contributed by atoms with van der Waals surface area (Å²) in [6.07, 6.45) is 6.14. The molecule has 0 saturated carbocycles. The van der Waals surface area contributed by atoms with Gasteiger partial charge in [0.15, 0.2) is 0 Å². The van der Waals surface area contributed by atoms with Crippen molar-refractivity contribution >= 4 is 50.5 Å². The number of nitrogens with one attached hydrogen (secondary N) is 1. The second kappa shape index (κ2) is 10.5. The third kappa shape index (κ3) is 5.07. The van der Waals surface area contributed by atoms with Crippen LogP contribution in [0.5, 0.6) is 0 Å². The first-order valence-electron chi connectivity index (χ1n) is 12.5. The molecule has 1 amide bonds. The molecule has 0 fully saturated rings. The minimum absolute atomic E-state index is 0.0598. The van der Waals surface area contributed by atoms with Gasteiger partial charge in [-0.1, -0.05) is 45.8 Å². The molecule has 1 N–H and O–H groups in total. The smallest absolute Gasteiger partial charge is 0.258 e. The normalized spacial score (nSPS) is 13.2. The molecule has 2 aromatic heterocycles. The molecule has 0 saturated heterocycles. The average Bonchev–Trinajstić information content (AvgIpc) is 3.40. The van der Waals surface area contributed by atoms with Gasteiger partial charge in [-0.15, -0.1) is 11.3 Å². The van der Waals surface area contributed by atoms with E-state index in [9.17, 15) is 10.1 Å². The molecule has 186 valence electrons. The molecule has 2 heterocycles. The molecular weight excluding hydrogens is 542 g/mol. The van der Waals surface area contributed by atoms with Crippen LogP contribution in [-0.4, -0.2) is 10.5 Å². The first-order valence-corrected chi connectivity index (χ1v) is 14.1. The zero-order chi connectivity index (χ0) is 26.1. The van der Waals surface area contributed by atoms with E-state index < -0.39 is 0 Å². The Balaban J connectivity index is 1.59. The Morgan fingerprint density at radius 2 is 1.76 bits per heavy atom. The summed E-state index contributed by atoms with van der Waals surface area (Å²) in [5, 5.41) is 14.0. The topological polar surface area (TPSA) is 57.8 Å². The van der Waals surface area contributed by atoms with Gasteiger partial charge in [0.25, 0.3) is 5.91 Å². The highest BCUT2D eigenvalue weighted by Crippen LogP contribution is 2.39. The third-order valence-corrected chi connectivity index (χ3v) is 8.74. The number of nitrogens with zero attached hydrogens (tertiary/aromatic N) is 2. The summed E-state index contributed by atoms with van der Waals surface area (Å²) >= 11 is 5.19. The zero-order valence-corrected chi connectivity index (χ0v) is 23.6. The monoisotopic (exact) mass is 569 g/mol. The Morgan fingerprint density at radius 1 is 1.05 bits per heavy atom. The third-order valence-electron chi connectivity index (χ3n) is 6.94. The van der Waals surface area contributed by atoms with Crippen LogP contribution in [0.1, 0.15) is 61.7 Å². The van der Waals surface area contributed by atoms with Crippen LogP contribution in [0.25, 0.3) is 16.7 Å². The fourth-order valence-corrected chi connectivity index (χ4v) is 6.75. The number of carbonyl (C=O) groups is 1. The number of thiophene rings is 1. The Kier molecular flexibility index (Phi) is 7.19. The number of anilines is 1. The number of hydrogen-bond acceptors (Lipinski definition) is 3. The van der Waals surface area contributed by atoms with Gasteiger partial charge in [0.05, 0.1) is 17.2 Å². The standard InChI is InChI=1S/C31H28BrN3OS/c1-19-8-14-26(15-9-19)34-30(36)29-27-6-4-5-7-28(27)37-31(29)35-20(2)16-23(21(35)3)17-24(18-33)22-10-12-25(32)13-11-22/h8-17H,4-7H2,1-3H3,(H,34,36)/b24-17-. The number of allylic oxidation sites excluding steroid dienone is 1. The number of aryl methyl sites for hydroxylation is 3. The molecule has 0 aliphatic heterocycles. The maximum Gasteiger partial charge on any atom is 0.258 e. The summed E-state index contributed by atoms with van der Waals surface area (Å²) in [6, 6.07) is 20.2. The first kappa shape index (κ1) is 25.3. The predicted molar refractivity (Wildman–Crippen MR) is 157 cm³/mol. The number of benzene rings is 2. The first-order chi connectivity index (χ1) is 17.9. The minimum Gasteiger partial charge on any atom is -0.322 e. The Hall–Kier alpha value is -3.40. The fraction of sp³-hybridized carbons (Fsp3) is 0.226. The van der Waals surface area contributed by atoms with Crippen molar-refractivity contribution in [1.29, 1.82) is 5.26 Å². The maximum atomic E-state index is 13.7. The number of halogens is 1. The highest BCUT2D eigenvalue weighted by molar-refractivity contribution is 9.10. The summed E-state index contributed by atoms with van der Waals surface area (Å²) in [5.41, 5.74) is 8.45. The van der Waals surface area contributed by atoms with Gasteiger partial charge in [0, 0.05) is 26.4 Å². The second-order valence-corrected chi connectivity index (χ2v) is 11.5. The van der Waals surface area contributed by atoms with E-state index >= 15 is 0 Å². The van der Waals surface area contributed by atoms with Crippen molar-refractivity contribution in [2.24, 2.45) is 0 Å². The lowest BCUT2D eigenvalue weighted by molar-refractivity contribution is 0.102. The molecule has 0 spiro atoms. The van der Waals surface area contributed by atoms with Crippen LogP contribution in [0, 0.1) is 32.1 Å². The van der Waals surface area contributed by atoms with Crippen molar-refractivity contribution in [1.82, 2.24) is 4.57 Å². The lowest BCUT2D eigenvalue weighted by Crippen LogP contribution is -2.17. The summed E-state index contributed by atoms with van der Waals surface area (Å²) in [6.45, 7) is 6.17. The Labute approximate surface area is 230 Å². The molecule has 4 nitrogen and oxygen atoms in total. The van der Waals surface area contributed by atoms with E-state index in [4.69, 9.17) is 0 Å². The fourth-order valence-electron chi connectivity index (χ4n) is 4.98. The molecule has 1 aliphatic carbocycles. The van der Waals surface area contributed by atoms with Crippen LogP contribution in [0.3, 0.4) is 0 Å². The molecule has 5 rings (SSSR count). The Morgan fingerprint density at radius 3 is 2.46 bits per heavy atom. The van der Waals surface area contributed by atoms with Gasteiger partial charge in [-0.25, -0.2) is 0 Å². The van der Waals surface area contributed by atoms with Crippen molar-refractivity contribution < 1.29 is 4.79 Å². The number of nitriles is 1. The van der Waals surface area contributed by atoms with Gasteiger partial charge < -0.3 is 9.88 Å². The van der Waals surface area contributed by atoms with Crippen molar-refractivity contribution in [2.45, 2.75) is 46.5 Å². The summed E-state index contributed by atoms with van der Waals surface area (Å²) in [4.78, 5) is 15.0. The summed E-state index contributed by atoms with van der Waals surface area (Å²) in [5.74, 6) is -0.0598. The number of carbonyl (C=O) groups excluding carboxylic acids is 1. The van der Waals surface area contributed by atoms with E-state index in [1.165, 1.54) is 10.4 Å². The van der Waals surface area contributed by atoms with E-state index in [-0.39, 0.29) is 5.91 Å². The van der Waals surface area contributed by atoms with Crippen molar-refractivity contribution in [2.75, 3.05) is 5.32 Å². The summed E-state index contributed by atoms with van der Waals surface area (Å²) < 4.78 is 3.17. The quantitative estimate of drug-likeness (QED) is 0.245. The van der Waals surface area contributed by atoms with Crippen LogP contribution in [-0.2, 0) is 12.8 Å². The van der Waals surface area contributed by atoms with Gasteiger partial charge in [-0.3, -0.25) is 4.79 Å². The lowest BCUT2D eigenvalue weighted by Gasteiger charge is -2.14. The zero-order valence-electron chi connectivity index (χ0n) is 21.2. The van der Waals surface area contributed by atoms with Gasteiger partial charge in [0.1, 0.15) is 5.00 Å². The van der Waals surface area contributed by atoms with E-state index in [2.05, 4.69) is 51.8 Å². The van der Waals surface area contributed by atoms with Gasteiger partial charge in [-0.2, -0.15) is 5.26 Å². The van der Waals surface area contributed by atoms with Crippen LogP contribution in [0.15, 0.2) is 59.1 Å². The molecule has 0 unspecified atom stereocenters. The largest absolute Gasteiger partial charge is 0.322 e. The van der Waals surface area contributed by atoms with E-state index in [0.29, 0.717) is 5.57 Å².